The molecular weight excluding hydrogens is 413 g/mol. The van der Waals surface area contributed by atoms with Crippen LogP contribution in [0.4, 0.5) is 10.3 Å². The Morgan fingerprint density at radius 2 is 1.89 bits per heavy atom. The Bertz CT molecular complexity index is 1140. The van der Waals surface area contributed by atoms with Crippen molar-refractivity contribution in [3.05, 3.63) is 59.4 Å². The van der Waals surface area contributed by atoms with Crippen LogP contribution < -0.4 is 9.46 Å². The van der Waals surface area contributed by atoms with Gasteiger partial charge in [0.15, 0.2) is 5.76 Å². The average Bonchev–Trinajstić information content (AvgIpc) is 2.91. The molecule has 7 nitrogen and oxygen atoms in total. The predicted octanol–water partition coefficient (Wildman–Crippen LogP) is 4.17. The quantitative estimate of drug-likeness (QED) is 0.594. The number of ether oxygens (including phenoxy) is 1. The second kappa shape index (κ2) is 7.53. The van der Waals surface area contributed by atoms with Crippen LogP contribution in [0, 0.1) is 5.82 Å². The number of hydrogen-bond acceptors (Lipinski definition) is 6. The predicted molar refractivity (Wildman–Crippen MR) is 99.3 cm³/mol. The van der Waals surface area contributed by atoms with Gasteiger partial charge >= 0.3 is 5.97 Å². The van der Waals surface area contributed by atoms with Crippen molar-refractivity contribution in [1.29, 1.82) is 0 Å². The molecule has 0 aliphatic heterocycles. The Morgan fingerprint density at radius 3 is 2.50 bits per heavy atom. The summed E-state index contributed by atoms with van der Waals surface area (Å²) >= 11 is 5.71. The Hall–Kier alpha value is -3.04. The number of carbonyl (C=O) groups excluding carboxylic acids is 1. The number of aromatic hydroxyl groups is 1. The minimum absolute atomic E-state index is 0.0983. The number of sulfonamides is 1. The summed E-state index contributed by atoms with van der Waals surface area (Å²) < 4.78 is 51.5. The van der Waals surface area contributed by atoms with Gasteiger partial charge in [-0.2, -0.15) is 0 Å². The summed E-state index contributed by atoms with van der Waals surface area (Å²) in [4.78, 5) is 11.3. The van der Waals surface area contributed by atoms with Gasteiger partial charge in [0.2, 0.25) is 11.5 Å². The van der Waals surface area contributed by atoms with Crippen LogP contribution in [0.1, 0.15) is 6.92 Å². The smallest absolute Gasteiger partial charge is 0.308 e. The third kappa shape index (κ3) is 3.95. The first-order chi connectivity index (χ1) is 13.2. The molecular formula is C18H13ClFNO6S. The van der Waals surface area contributed by atoms with Gasteiger partial charge in [0.25, 0.3) is 15.9 Å². The fourth-order valence-corrected chi connectivity index (χ4v) is 3.52. The fraction of sp³-hybridized carbons (Fsp3) is 0.0556. The molecule has 146 valence electrons. The molecule has 0 bridgehead atoms. The van der Waals surface area contributed by atoms with E-state index in [2.05, 4.69) is 4.72 Å². The SMILES string of the molecule is CC(=O)Oc1c(NS(=O)(=O)c2ccccc2)oc(-c2ccc(Cl)cc2F)c1O. The molecule has 0 saturated heterocycles. The first-order valence-corrected chi connectivity index (χ1v) is 9.62. The lowest BCUT2D eigenvalue weighted by Crippen LogP contribution is -2.13. The van der Waals surface area contributed by atoms with E-state index in [1.54, 1.807) is 6.07 Å². The van der Waals surface area contributed by atoms with Crippen molar-refractivity contribution in [1.82, 2.24) is 0 Å². The zero-order valence-corrected chi connectivity index (χ0v) is 15.8. The van der Waals surface area contributed by atoms with Crippen molar-refractivity contribution in [3.63, 3.8) is 0 Å². The molecule has 0 fully saturated rings. The van der Waals surface area contributed by atoms with E-state index in [1.807, 2.05) is 0 Å². The van der Waals surface area contributed by atoms with Gasteiger partial charge in [0, 0.05) is 11.9 Å². The van der Waals surface area contributed by atoms with Crippen molar-refractivity contribution in [2.45, 2.75) is 11.8 Å². The Labute approximate surface area is 164 Å². The molecule has 1 aromatic heterocycles. The third-order valence-electron chi connectivity index (χ3n) is 3.54. The van der Waals surface area contributed by atoms with Gasteiger partial charge in [-0.15, -0.1) is 0 Å². The molecule has 1 heterocycles. The van der Waals surface area contributed by atoms with E-state index in [-0.39, 0.29) is 15.5 Å². The number of benzene rings is 2. The van der Waals surface area contributed by atoms with Crippen LogP contribution in [0.25, 0.3) is 11.3 Å². The van der Waals surface area contributed by atoms with Crippen LogP contribution >= 0.6 is 11.6 Å². The second-order valence-corrected chi connectivity index (χ2v) is 7.69. The highest BCUT2D eigenvalue weighted by atomic mass is 35.5. The Kier molecular flexibility index (Phi) is 5.30. The number of furan rings is 1. The third-order valence-corrected chi connectivity index (χ3v) is 5.12. The molecule has 28 heavy (non-hydrogen) atoms. The number of hydrogen-bond donors (Lipinski definition) is 2. The van der Waals surface area contributed by atoms with Crippen molar-refractivity contribution < 1.29 is 31.9 Å². The minimum Gasteiger partial charge on any atom is -0.502 e. The van der Waals surface area contributed by atoms with Crippen LogP contribution in [0.2, 0.25) is 5.02 Å². The second-order valence-electron chi connectivity index (χ2n) is 5.57. The summed E-state index contributed by atoms with van der Waals surface area (Å²) in [6.45, 7) is 1.05. The number of esters is 1. The van der Waals surface area contributed by atoms with E-state index in [0.29, 0.717) is 0 Å². The van der Waals surface area contributed by atoms with Gasteiger partial charge in [0.05, 0.1) is 10.5 Å². The van der Waals surface area contributed by atoms with Crippen LogP contribution in [0.5, 0.6) is 11.5 Å². The average molecular weight is 426 g/mol. The molecule has 0 radical (unpaired) electrons. The zero-order valence-electron chi connectivity index (χ0n) is 14.3. The molecule has 3 aromatic rings. The summed E-state index contributed by atoms with van der Waals surface area (Å²) in [6, 6.07) is 10.9. The normalized spacial score (nSPS) is 11.2. The number of anilines is 1. The number of rotatable bonds is 5. The van der Waals surface area contributed by atoms with Crippen LogP contribution in [0.3, 0.4) is 0 Å². The van der Waals surface area contributed by atoms with Gasteiger partial charge in [-0.05, 0) is 30.3 Å². The standard InChI is InChI=1S/C18H13ClFNO6S/c1-10(22)26-17-15(23)16(13-8-7-11(19)9-14(13)20)27-18(17)21-28(24,25)12-5-3-2-4-6-12/h2-9,21,23H,1H3. The maximum atomic E-state index is 14.2. The maximum absolute atomic E-state index is 14.2. The summed E-state index contributed by atoms with van der Waals surface area (Å²) in [5.41, 5.74) is -0.208. The Balaban J connectivity index is 2.11. The lowest BCUT2D eigenvalue weighted by molar-refractivity contribution is -0.131. The summed E-state index contributed by atoms with van der Waals surface area (Å²) in [5.74, 6) is -4.03. The van der Waals surface area contributed by atoms with E-state index in [0.717, 1.165) is 13.0 Å². The molecule has 10 heteroatoms. The van der Waals surface area contributed by atoms with E-state index >= 15 is 0 Å². The van der Waals surface area contributed by atoms with E-state index < -0.39 is 45.0 Å². The topological polar surface area (TPSA) is 106 Å². The molecule has 0 spiro atoms. The molecule has 0 saturated carbocycles. The van der Waals surface area contributed by atoms with E-state index in [9.17, 15) is 22.7 Å². The van der Waals surface area contributed by atoms with Gasteiger partial charge in [0.1, 0.15) is 5.82 Å². The van der Waals surface area contributed by atoms with Crippen LogP contribution in [0.15, 0.2) is 57.8 Å². The van der Waals surface area contributed by atoms with Crippen molar-refractivity contribution in [2.75, 3.05) is 4.72 Å². The molecule has 0 atom stereocenters. The molecule has 3 rings (SSSR count). The van der Waals surface area contributed by atoms with Crippen molar-refractivity contribution in [2.24, 2.45) is 0 Å². The fourth-order valence-electron chi connectivity index (χ4n) is 2.35. The summed E-state index contributed by atoms with van der Waals surface area (Å²) in [5, 5.41) is 10.5. The van der Waals surface area contributed by atoms with E-state index in [4.69, 9.17) is 20.8 Å². The highest BCUT2D eigenvalue weighted by Gasteiger charge is 2.29. The van der Waals surface area contributed by atoms with Crippen molar-refractivity contribution in [3.8, 4) is 22.8 Å². The minimum atomic E-state index is -4.14. The molecule has 2 N–H and O–H groups in total. The first-order valence-electron chi connectivity index (χ1n) is 7.76. The molecule has 0 aliphatic carbocycles. The van der Waals surface area contributed by atoms with Crippen molar-refractivity contribution >= 4 is 33.5 Å². The first kappa shape index (κ1) is 19.7. The number of halogens is 2. The Morgan fingerprint density at radius 1 is 1.21 bits per heavy atom. The van der Waals surface area contributed by atoms with Gasteiger partial charge in [-0.25, -0.2) is 17.5 Å². The summed E-state index contributed by atoms with van der Waals surface area (Å²) in [6.07, 6.45) is 0. The number of nitrogens with one attached hydrogen (secondary N) is 1. The highest BCUT2D eigenvalue weighted by Crippen LogP contribution is 2.47. The van der Waals surface area contributed by atoms with Gasteiger partial charge < -0.3 is 14.3 Å². The van der Waals surface area contributed by atoms with Crippen LogP contribution in [-0.2, 0) is 14.8 Å². The van der Waals surface area contributed by atoms with Gasteiger partial charge in [-0.3, -0.25) is 4.79 Å². The molecule has 0 aliphatic rings. The largest absolute Gasteiger partial charge is 0.502 e. The lowest BCUT2D eigenvalue weighted by Gasteiger charge is -2.07. The molecule has 0 amide bonds. The van der Waals surface area contributed by atoms with Crippen LogP contribution in [-0.4, -0.2) is 19.5 Å². The number of carbonyl (C=O) groups is 1. The zero-order chi connectivity index (χ0) is 20.5. The molecule has 0 unspecified atom stereocenters. The van der Waals surface area contributed by atoms with Gasteiger partial charge in [-0.1, -0.05) is 29.8 Å². The monoisotopic (exact) mass is 425 g/mol. The lowest BCUT2D eigenvalue weighted by atomic mass is 10.1. The molecule has 2 aromatic carbocycles. The highest BCUT2D eigenvalue weighted by molar-refractivity contribution is 7.92. The maximum Gasteiger partial charge on any atom is 0.308 e. The summed E-state index contributed by atoms with van der Waals surface area (Å²) in [7, 11) is -4.14. The van der Waals surface area contributed by atoms with E-state index in [1.165, 1.54) is 36.4 Å².